The summed E-state index contributed by atoms with van der Waals surface area (Å²) in [5.41, 5.74) is 45.3. The van der Waals surface area contributed by atoms with Gasteiger partial charge < -0.3 is 92.9 Å². The van der Waals surface area contributed by atoms with Crippen molar-refractivity contribution >= 4 is 65.2 Å². The van der Waals surface area contributed by atoms with E-state index in [1.54, 1.807) is 6.92 Å². The molecule has 28 heteroatoms. The number of carbonyl (C=O) groups is 8. The van der Waals surface area contributed by atoms with Crippen molar-refractivity contribution in [3.8, 4) is 5.75 Å². The lowest BCUT2D eigenvalue weighted by molar-refractivity contribution is -0.142. The van der Waals surface area contributed by atoms with E-state index in [2.05, 4.69) is 46.9 Å². The zero-order chi connectivity index (χ0) is 56.2. The summed E-state index contributed by atoms with van der Waals surface area (Å²) >= 11 is 0. The molecule has 24 N–H and O–H groups in total. The number of aliphatic carboxylic acids is 1. The smallest absolute Gasteiger partial charge is 0.326 e. The van der Waals surface area contributed by atoms with E-state index in [0.717, 1.165) is 0 Å². The lowest BCUT2D eigenvalue weighted by atomic mass is 10.0. The number of hydrogen-bond acceptors (Lipinski definition) is 14. The molecule has 1 aliphatic rings. The highest BCUT2D eigenvalue weighted by Crippen LogP contribution is 2.21. The Morgan fingerprint density at radius 3 is 1.60 bits per heavy atom. The Kier molecular flexibility index (Phi) is 28.3. The molecule has 420 valence electrons. The third-order valence-corrected chi connectivity index (χ3v) is 12.0. The summed E-state index contributed by atoms with van der Waals surface area (Å²) in [6, 6.07) is -4.12. The number of nitrogens with zero attached hydrogens (tertiary/aromatic N) is 4. The first-order valence-electron chi connectivity index (χ1n) is 25.2. The third kappa shape index (κ3) is 23.9. The summed E-state index contributed by atoms with van der Waals surface area (Å²) in [5.74, 6) is -6.89. The van der Waals surface area contributed by atoms with Gasteiger partial charge in [0.25, 0.3) is 0 Å². The van der Waals surface area contributed by atoms with E-state index in [1.807, 2.05) is 13.8 Å². The number of likely N-dealkylation sites (tertiary alicyclic amines) is 1. The number of carboxylic acid groups (broad SMARTS) is 1. The number of guanidine groups is 3. The SMILES string of the molecule is CCC[C@H](NC(=O)[C@H](CCCN=C(N)N)NC(=O)[C@@H]1CCCN1C(=O)[C@H](CCCN=C(N)N)NC(=O)[C@H](N)CCCN=C(N)N)C(=O)N[C@@H](Cc1ccc(O)cc1)C(=O)N[C@@H](CN)C(=O)N[C@@H](CCC(C)C)C(=O)O. The molecular weight excluding hydrogens is 977 g/mol. The highest BCUT2D eigenvalue weighted by atomic mass is 16.4. The largest absolute Gasteiger partial charge is 0.508 e. The molecule has 0 bridgehead atoms. The van der Waals surface area contributed by atoms with Gasteiger partial charge in [-0.3, -0.25) is 48.5 Å². The van der Waals surface area contributed by atoms with E-state index >= 15 is 0 Å². The van der Waals surface area contributed by atoms with Crippen LogP contribution in [0.3, 0.4) is 0 Å². The van der Waals surface area contributed by atoms with Gasteiger partial charge in [-0.1, -0.05) is 39.3 Å². The minimum Gasteiger partial charge on any atom is -0.508 e. The highest BCUT2D eigenvalue weighted by Gasteiger charge is 2.40. The van der Waals surface area contributed by atoms with Crippen molar-refractivity contribution in [3.63, 3.8) is 0 Å². The Labute approximate surface area is 437 Å². The van der Waals surface area contributed by atoms with Crippen LogP contribution in [0, 0.1) is 5.92 Å². The number of phenolic OH excluding ortho intramolecular Hbond substituents is 1. The third-order valence-electron chi connectivity index (χ3n) is 12.0. The predicted molar refractivity (Wildman–Crippen MR) is 282 cm³/mol. The van der Waals surface area contributed by atoms with Gasteiger partial charge in [-0.25, -0.2) is 4.79 Å². The second-order valence-electron chi connectivity index (χ2n) is 18.7. The number of phenols is 1. The van der Waals surface area contributed by atoms with E-state index in [1.165, 1.54) is 29.2 Å². The number of benzene rings is 1. The molecule has 0 aliphatic carbocycles. The molecule has 1 aromatic carbocycles. The Morgan fingerprint density at radius 2 is 1.08 bits per heavy atom. The first-order chi connectivity index (χ1) is 35.5. The van der Waals surface area contributed by atoms with Crippen molar-refractivity contribution in [2.24, 2.45) is 66.8 Å². The minimum absolute atomic E-state index is 0.0331. The van der Waals surface area contributed by atoms with Gasteiger partial charge in [-0.2, -0.15) is 0 Å². The standard InChI is InChI=1S/C47H82N18O10/c1-4-9-30(38(68)63-34(24-27-15-17-28(66)18-16-27)40(70)64-35(25-48)41(71)62-33(44(74)75)19-14-26(2)3)59-39(69)31(11-6-21-57-46(52)53)60-42(72)36-13-8-23-65(36)43(73)32(12-7-22-58-47(54)55)61-37(67)29(49)10-5-20-56-45(50)51/h15-18,26,29-36,66H,4-14,19-25,48-49H2,1-3H3,(H,59,69)(H,60,72)(H,61,67)(H,62,71)(H,63,68)(H,64,70)(H,74,75)(H4,50,51,56)(H4,52,53,57)(H4,54,55,58)/t29-,30+,31+,32+,33+,34+,35+,36+/m1/s1. The molecule has 28 nitrogen and oxygen atoms in total. The van der Waals surface area contributed by atoms with Crippen LogP contribution in [0.25, 0.3) is 0 Å². The van der Waals surface area contributed by atoms with Gasteiger partial charge in [-0.15, -0.1) is 0 Å². The van der Waals surface area contributed by atoms with Crippen molar-refractivity contribution in [2.45, 2.75) is 153 Å². The van der Waals surface area contributed by atoms with Crippen molar-refractivity contribution < 1.29 is 48.6 Å². The molecule has 0 aromatic heterocycles. The van der Waals surface area contributed by atoms with Crippen LogP contribution in [0.15, 0.2) is 39.2 Å². The van der Waals surface area contributed by atoms with Gasteiger partial charge in [0.2, 0.25) is 41.4 Å². The number of amides is 7. The van der Waals surface area contributed by atoms with Gasteiger partial charge in [0, 0.05) is 39.1 Å². The van der Waals surface area contributed by atoms with Gasteiger partial charge in [0.05, 0.1) is 6.04 Å². The van der Waals surface area contributed by atoms with Crippen LogP contribution in [-0.4, -0.2) is 161 Å². The molecule has 0 saturated carbocycles. The van der Waals surface area contributed by atoms with Crippen LogP contribution in [0.4, 0.5) is 0 Å². The molecule has 0 unspecified atom stereocenters. The second kappa shape index (κ2) is 33.4. The van der Waals surface area contributed by atoms with E-state index in [4.69, 9.17) is 45.9 Å². The van der Waals surface area contributed by atoms with Crippen LogP contribution in [0.2, 0.25) is 0 Å². The van der Waals surface area contributed by atoms with Gasteiger partial charge >= 0.3 is 5.97 Å². The van der Waals surface area contributed by atoms with Gasteiger partial charge in [0.15, 0.2) is 17.9 Å². The Bertz CT molecular complexity index is 2130. The zero-order valence-electron chi connectivity index (χ0n) is 43.3. The molecule has 1 saturated heterocycles. The first-order valence-corrected chi connectivity index (χ1v) is 25.2. The summed E-state index contributed by atoms with van der Waals surface area (Å²) in [6.07, 6.45) is 2.55. The minimum atomic E-state index is -1.41. The molecule has 1 fully saturated rings. The van der Waals surface area contributed by atoms with Crippen molar-refractivity contribution in [1.29, 1.82) is 0 Å². The number of aromatic hydroxyl groups is 1. The summed E-state index contributed by atoms with van der Waals surface area (Å²) in [7, 11) is 0. The Hall–Kier alpha value is -7.49. The molecule has 75 heavy (non-hydrogen) atoms. The summed E-state index contributed by atoms with van der Waals surface area (Å²) in [5, 5.41) is 35.4. The number of carbonyl (C=O) groups excluding carboxylic acids is 7. The number of nitrogens with two attached hydrogens (primary N) is 8. The lowest BCUT2D eigenvalue weighted by Gasteiger charge is -2.30. The number of rotatable bonds is 34. The average Bonchev–Trinajstić information content (AvgIpc) is 3.85. The van der Waals surface area contributed by atoms with Gasteiger partial charge in [0.1, 0.15) is 48.0 Å². The van der Waals surface area contributed by atoms with E-state index in [0.29, 0.717) is 31.2 Å². The molecular formula is C47H82N18O10. The van der Waals surface area contributed by atoms with Crippen molar-refractivity contribution in [3.05, 3.63) is 29.8 Å². The van der Waals surface area contributed by atoms with Crippen LogP contribution < -0.4 is 77.8 Å². The van der Waals surface area contributed by atoms with Crippen LogP contribution in [0.5, 0.6) is 5.75 Å². The molecule has 2 rings (SSSR count). The maximum absolute atomic E-state index is 14.3. The maximum Gasteiger partial charge on any atom is 0.326 e. The molecule has 7 amide bonds. The van der Waals surface area contributed by atoms with E-state index < -0.39 is 102 Å². The fourth-order valence-corrected chi connectivity index (χ4v) is 7.95. The van der Waals surface area contributed by atoms with E-state index in [-0.39, 0.29) is 114 Å². The topological polar surface area (TPSA) is 498 Å². The Morgan fingerprint density at radius 1 is 0.613 bits per heavy atom. The molecule has 0 radical (unpaired) electrons. The predicted octanol–water partition coefficient (Wildman–Crippen LogP) is -4.40. The second-order valence-corrected chi connectivity index (χ2v) is 18.7. The quantitative estimate of drug-likeness (QED) is 0.0176. The average molecular weight is 1060 g/mol. The number of carboxylic acids is 1. The molecule has 0 spiro atoms. The van der Waals surface area contributed by atoms with E-state index in [9.17, 15) is 48.6 Å². The van der Waals surface area contributed by atoms with Crippen LogP contribution in [-0.2, 0) is 44.8 Å². The first kappa shape index (κ1) is 63.6. The summed E-state index contributed by atoms with van der Waals surface area (Å²) < 4.78 is 0. The fraction of sp³-hybridized carbons (Fsp3) is 0.638. The van der Waals surface area contributed by atoms with Crippen molar-refractivity contribution in [1.82, 2.24) is 36.8 Å². The molecule has 8 atom stereocenters. The summed E-state index contributed by atoms with van der Waals surface area (Å²) in [4.78, 5) is 123. The maximum atomic E-state index is 14.3. The van der Waals surface area contributed by atoms with Crippen molar-refractivity contribution in [2.75, 3.05) is 32.7 Å². The number of aliphatic imine (C=N–C) groups is 3. The molecule has 1 aromatic rings. The monoisotopic (exact) mass is 1060 g/mol. The lowest BCUT2D eigenvalue weighted by Crippen LogP contribution is -2.61. The van der Waals surface area contributed by atoms with Gasteiger partial charge in [-0.05, 0) is 94.2 Å². The molecule has 1 heterocycles. The zero-order valence-corrected chi connectivity index (χ0v) is 43.3. The Balaban J connectivity index is 2.40. The van der Waals surface area contributed by atoms with Crippen LogP contribution >= 0.6 is 0 Å². The molecule has 1 aliphatic heterocycles. The normalized spacial score (nSPS) is 15.8. The fourth-order valence-electron chi connectivity index (χ4n) is 7.95. The highest BCUT2D eigenvalue weighted by molar-refractivity contribution is 5.98. The number of hydrogen-bond donors (Lipinski definition) is 16. The van der Waals surface area contributed by atoms with Crippen LogP contribution in [0.1, 0.15) is 103 Å². The number of nitrogens with one attached hydrogen (secondary N) is 6. The summed E-state index contributed by atoms with van der Waals surface area (Å²) in [6.45, 7) is 5.70.